The maximum absolute atomic E-state index is 13.5. The average molecular weight is 1360 g/mol. The minimum Gasteiger partial charge on any atom is -0.691 e. The number of benzene rings is 6. The molecule has 12 nitrogen and oxygen atoms in total. The predicted octanol–water partition coefficient (Wildman–Crippen LogP) is 17.8. The van der Waals surface area contributed by atoms with Crippen molar-refractivity contribution >= 4 is 63.6 Å². The van der Waals surface area contributed by atoms with Crippen LogP contribution in [0.25, 0.3) is 0 Å². The largest absolute Gasteiger partial charge is 0.691 e. The highest BCUT2D eigenvalue weighted by atomic mass is 32.2. The number of aliphatic hydroxyl groups excluding tert-OH is 1. The standard InChI is InChI=1S/2C18H15S.C12H16F2O6S.C12H14F2O6S.6C2H6/c2*1-4-10-16(11-5-1)19(17-12-6-2-7-13-17)18-14-8-3-9-15-18;2*13-12(14,21-20-19-17)10(16)18-11-3-6-1-7(4-11)9(15)8(2-6)5-11;6*1-2/h2*1-15H;6-9,15,17H,1-5H2;6-8,17H,1-5H2;6*1-2H3/q2*+1;;;;;;;;/p-2. The molecule has 14 rings (SSSR count). The first-order valence-electron chi connectivity index (χ1n) is 32.1. The fourth-order valence-corrected chi connectivity index (χ4v) is 17.4. The highest BCUT2D eigenvalue weighted by Gasteiger charge is 2.61. The number of aliphatic hydroxyl groups is 1. The summed E-state index contributed by atoms with van der Waals surface area (Å²) in [5.74, 6) is -3.14. The molecule has 4 unspecified atom stereocenters. The maximum atomic E-state index is 13.5. The topological polar surface area (TPSA) is 173 Å². The zero-order valence-electron chi connectivity index (χ0n) is 55.0. The number of rotatable bonds is 16. The van der Waals surface area contributed by atoms with Gasteiger partial charge in [-0.15, -0.1) is 0 Å². The predicted molar refractivity (Wildman–Crippen MR) is 356 cm³/mol. The molecule has 8 saturated carbocycles. The number of alkyl halides is 4. The van der Waals surface area contributed by atoms with Crippen molar-refractivity contribution in [3.63, 3.8) is 0 Å². The van der Waals surface area contributed by atoms with Gasteiger partial charge in [0.25, 0.3) is 0 Å². The van der Waals surface area contributed by atoms with E-state index in [9.17, 15) is 47.6 Å². The van der Waals surface area contributed by atoms with Crippen LogP contribution in [0.4, 0.5) is 17.6 Å². The number of halogens is 4. The van der Waals surface area contributed by atoms with Crippen molar-refractivity contribution in [3.05, 3.63) is 182 Å². The van der Waals surface area contributed by atoms with E-state index in [4.69, 9.17) is 9.47 Å². The van der Waals surface area contributed by atoms with Gasteiger partial charge in [-0.1, -0.05) is 192 Å². The first-order valence-corrected chi connectivity index (χ1v) is 36.1. The molecule has 0 amide bonds. The number of esters is 2. The molecule has 0 spiro atoms. The van der Waals surface area contributed by atoms with E-state index in [0.29, 0.717) is 44.4 Å². The number of hydrogen-bond acceptors (Lipinski definition) is 14. The van der Waals surface area contributed by atoms with E-state index in [0.717, 1.165) is 25.7 Å². The summed E-state index contributed by atoms with van der Waals surface area (Å²) in [6.45, 7) is 24.0. The number of ether oxygens (including phenoxy) is 2. The summed E-state index contributed by atoms with van der Waals surface area (Å²) in [5, 5.41) is 26.9. The van der Waals surface area contributed by atoms with Crippen LogP contribution in [0.1, 0.15) is 147 Å². The zero-order valence-corrected chi connectivity index (χ0v) is 58.3. The van der Waals surface area contributed by atoms with Crippen LogP contribution in [0.2, 0.25) is 0 Å². The van der Waals surface area contributed by atoms with Gasteiger partial charge in [0, 0.05) is 11.8 Å². The lowest BCUT2D eigenvalue weighted by molar-refractivity contribution is -0.777. The molecule has 8 fully saturated rings. The third-order valence-corrected chi connectivity index (χ3v) is 20.9. The second kappa shape index (κ2) is 42.3. The minimum atomic E-state index is -4.03. The van der Waals surface area contributed by atoms with E-state index in [1.807, 2.05) is 83.1 Å². The fraction of sp³-hybridized carbons (Fsp3) is 0.458. The van der Waals surface area contributed by atoms with Crippen LogP contribution >= 0.6 is 24.1 Å². The van der Waals surface area contributed by atoms with E-state index in [-0.39, 0.29) is 57.2 Å². The molecule has 8 aliphatic rings. The molecule has 1 N–H and O–H groups in total. The average Bonchev–Trinajstić information content (AvgIpc) is 0.745. The molecule has 20 heteroatoms. The molecule has 0 radical (unpaired) electrons. The molecule has 506 valence electrons. The maximum Gasteiger partial charge on any atom is 0.415 e. The minimum absolute atomic E-state index is 0.00607. The number of Topliss-reactive ketones (excluding diaryl/α,β-unsaturated/α-hetero) is 1. The summed E-state index contributed by atoms with van der Waals surface area (Å²) < 4.78 is 71.0. The lowest BCUT2D eigenvalue weighted by Gasteiger charge is -2.57. The zero-order chi connectivity index (χ0) is 68.3. The van der Waals surface area contributed by atoms with Crippen LogP contribution in [0.5, 0.6) is 0 Å². The van der Waals surface area contributed by atoms with Crippen LogP contribution < -0.4 is 10.5 Å². The van der Waals surface area contributed by atoms with Gasteiger partial charge in [-0.05, 0) is 161 Å². The Balaban J connectivity index is 0.000000303. The first-order chi connectivity index (χ1) is 44.6. The normalized spacial score (nSPS) is 22.8. The number of ketones is 1. The van der Waals surface area contributed by atoms with Crippen molar-refractivity contribution in [1.29, 1.82) is 0 Å². The van der Waals surface area contributed by atoms with Gasteiger partial charge >= 0.3 is 22.4 Å². The quantitative estimate of drug-likeness (QED) is 0.0242. The number of carbonyl (C=O) groups is 3. The van der Waals surface area contributed by atoms with Crippen LogP contribution in [-0.4, -0.2) is 50.6 Å². The molecule has 0 aliphatic heterocycles. The summed E-state index contributed by atoms with van der Waals surface area (Å²) in [4.78, 5) is 43.4. The SMILES string of the molecule is CC.CC.CC.CC.CC.CC.O=C(OC12CC3CC(C1)C(O)C(C3)C2)C(F)(F)SOO[O-].O=C1C2CC3CC1CC(OC(=O)C(F)(F)SOO[O-])(C3)C2.c1ccc([S+](c2ccccc2)c2ccccc2)cc1.c1ccc([S+](c2ccccc2)c2ccccc2)cc1. The third kappa shape index (κ3) is 23.0. The second-order valence-electron chi connectivity index (χ2n) is 20.8. The van der Waals surface area contributed by atoms with Crippen LogP contribution in [0, 0.1) is 35.5 Å². The molecule has 6 aromatic carbocycles. The summed E-state index contributed by atoms with van der Waals surface area (Å²) in [6, 6.07) is 64.3. The Morgan fingerprint density at radius 3 is 0.913 bits per heavy atom. The summed E-state index contributed by atoms with van der Waals surface area (Å²) in [5.41, 5.74) is -1.90. The van der Waals surface area contributed by atoms with Crippen molar-refractivity contribution in [2.24, 2.45) is 35.5 Å². The van der Waals surface area contributed by atoms with Gasteiger partial charge in [-0.2, -0.15) is 26.2 Å². The molecular formula is C72H94F4O12S4. The Morgan fingerprint density at radius 1 is 0.424 bits per heavy atom. The van der Waals surface area contributed by atoms with Crippen molar-refractivity contribution in [3.8, 4) is 0 Å². The molecule has 8 bridgehead atoms. The van der Waals surface area contributed by atoms with Gasteiger partial charge in [0.2, 0.25) is 0 Å². The van der Waals surface area contributed by atoms with E-state index in [1.165, 1.54) is 29.4 Å². The fourth-order valence-electron chi connectivity index (χ4n) is 12.7. The van der Waals surface area contributed by atoms with Crippen LogP contribution in [0.15, 0.2) is 211 Å². The van der Waals surface area contributed by atoms with Gasteiger partial charge in [0.1, 0.15) is 41.1 Å². The second-order valence-corrected chi connectivity index (χ2v) is 26.5. The Labute approximate surface area is 558 Å². The van der Waals surface area contributed by atoms with E-state index < -0.39 is 63.8 Å². The molecule has 92 heavy (non-hydrogen) atoms. The Morgan fingerprint density at radius 2 is 0.663 bits per heavy atom. The molecule has 0 saturated heterocycles. The van der Waals surface area contributed by atoms with Crippen molar-refractivity contribution in [1.82, 2.24) is 0 Å². The smallest absolute Gasteiger partial charge is 0.415 e. The number of hydrogen-bond donors (Lipinski definition) is 1. The third-order valence-electron chi connectivity index (χ3n) is 15.4. The van der Waals surface area contributed by atoms with E-state index in [2.05, 4.69) is 201 Å². The van der Waals surface area contributed by atoms with Crippen molar-refractivity contribution < 1.29 is 75.8 Å². The van der Waals surface area contributed by atoms with E-state index in [1.54, 1.807) is 0 Å². The Kier molecular flexibility index (Phi) is 37.2. The van der Waals surface area contributed by atoms with Crippen LogP contribution in [-0.2, 0) is 64.4 Å². The van der Waals surface area contributed by atoms with Crippen LogP contribution in [0.3, 0.4) is 0 Å². The number of carbonyl (C=O) groups excluding carboxylic acids is 3. The molecule has 6 aromatic rings. The molecule has 8 aliphatic carbocycles. The molecule has 0 aromatic heterocycles. The molecule has 4 atom stereocenters. The van der Waals surface area contributed by atoms with Crippen molar-refractivity contribution in [2.75, 3.05) is 0 Å². The van der Waals surface area contributed by atoms with Gasteiger partial charge in [0.15, 0.2) is 29.4 Å². The highest BCUT2D eigenvalue weighted by molar-refractivity contribution is 7.97. The van der Waals surface area contributed by atoms with Gasteiger partial charge < -0.3 is 25.1 Å². The van der Waals surface area contributed by atoms with E-state index >= 15 is 0 Å². The Bertz CT molecular complexity index is 2610. The van der Waals surface area contributed by atoms with Crippen molar-refractivity contribution in [2.45, 2.75) is 204 Å². The summed E-state index contributed by atoms with van der Waals surface area (Å²) >= 11 is -1.37. The monoisotopic (exact) mass is 1350 g/mol. The molecule has 0 heterocycles. The van der Waals surface area contributed by atoms with Gasteiger partial charge in [-0.25, -0.2) is 9.59 Å². The lowest BCUT2D eigenvalue weighted by Crippen LogP contribution is -2.59. The first kappa shape index (κ1) is 81.0. The molecular weight excluding hydrogens is 1260 g/mol. The Hall–Kier alpha value is -5.23. The van der Waals surface area contributed by atoms with Gasteiger partial charge in [0.05, 0.1) is 27.9 Å². The summed E-state index contributed by atoms with van der Waals surface area (Å²) in [7, 11) is -0.0293. The lowest BCUT2D eigenvalue weighted by atomic mass is 9.53. The summed E-state index contributed by atoms with van der Waals surface area (Å²) in [6.07, 6.45) is 5.30. The van der Waals surface area contributed by atoms with Gasteiger partial charge in [-0.3, -0.25) is 14.9 Å². The highest BCUT2D eigenvalue weighted by Crippen LogP contribution is 2.58.